The smallest absolute Gasteiger partial charge is 0.245 e. The minimum Gasteiger partial charge on any atom is -0.342 e. The number of rotatable bonds is 8. The van der Waals surface area contributed by atoms with Gasteiger partial charge in [-0.05, 0) is 31.8 Å². The average molecular weight is 241 g/mol. The Morgan fingerprint density at radius 3 is 2.35 bits per heavy atom. The van der Waals surface area contributed by atoms with E-state index in [0.29, 0.717) is 0 Å². The van der Waals surface area contributed by atoms with Crippen molar-refractivity contribution in [2.75, 3.05) is 34.7 Å². The van der Waals surface area contributed by atoms with Crippen molar-refractivity contribution in [3.63, 3.8) is 0 Å². The number of amides is 1. The van der Waals surface area contributed by atoms with Gasteiger partial charge >= 0.3 is 0 Å². The second-order valence-corrected chi connectivity index (χ2v) is 5.64. The van der Waals surface area contributed by atoms with Crippen LogP contribution in [-0.4, -0.2) is 56.1 Å². The second kappa shape index (κ2) is 7.49. The molecular weight excluding hydrogens is 212 g/mol. The van der Waals surface area contributed by atoms with Crippen molar-refractivity contribution in [1.29, 1.82) is 0 Å². The molecule has 1 amide bonds. The van der Waals surface area contributed by atoms with E-state index < -0.39 is 0 Å². The number of carbonyl (C=O) groups excluding carboxylic acids is 1. The van der Waals surface area contributed by atoms with Crippen LogP contribution in [0.25, 0.3) is 0 Å². The maximum Gasteiger partial charge on any atom is 0.245 e. The standard InChI is InChI=1S/C14H29N2O/c1-7-13(16(4,5)6)11-9-10-12-15(3)14(17)8-2/h8,13H,2,7,9-12H2,1,3-6H3/q+1. The molecule has 3 heteroatoms. The first-order valence-corrected chi connectivity index (χ1v) is 6.51. The maximum absolute atomic E-state index is 11.3. The lowest BCUT2D eigenvalue weighted by atomic mass is 10.0. The van der Waals surface area contributed by atoms with Gasteiger partial charge < -0.3 is 9.38 Å². The van der Waals surface area contributed by atoms with Crippen molar-refractivity contribution < 1.29 is 9.28 Å². The molecule has 1 unspecified atom stereocenters. The van der Waals surface area contributed by atoms with Crippen LogP contribution in [-0.2, 0) is 4.79 Å². The highest BCUT2D eigenvalue weighted by Crippen LogP contribution is 2.14. The van der Waals surface area contributed by atoms with Crippen molar-refractivity contribution in [2.24, 2.45) is 0 Å². The molecule has 0 radical (unpaired) electrons. The van der Waals surface area contributed by atoms with Crippen molar-refractivity contribution in [3.05, 3.63) is 12.7 Å². The molecule has 0 aromatic rings. The van der Waals surface area contributed by atoms with Gasteiger partial charge in [0.15, 0.2) is 0 Å². The number of hydrogen-bond acceptors (Lipinski definition) is 1. The largest absolute Gasteiger partial charge is 0.342 e. The average Bonchev–Trinajstić information content (AvgIpc) is 2.25. The molecule has 100 valence electrons. The third-order valence-electron chi connectivity index (χ3n) is 3.40. The molecule has 0 bridgehead atoms. The molecule has 0 N–H and O–H groups in total. The zero-order chi connectivity index (χ0) is 13.5. The fourth-order valence-electron chi connectivity index (χ4n) is 2.13. The first kappa shape index (κ1) is 16.2. The zero-order valence-electron chi connectivity index (χ0n) is 12.2. The predicted molar refractivity (Wildman–Crippen MR) is 73.8 cm³/mol. The zero-order valence-corrected chi connectivity index (χ0v) is 12.2. The number of nitrogens with zero attached hydrogens (tertiary/aromatic N) is 2. The van der Waals surface area contributed by atoms with Crippen molar-refractivity contribution in [1.82, 2.24) is 4.90 Å². The van der Waals surface area contributed by atoms with Gasteiger partial charge in [0.25, 0.3) is 0 Å². The van der Waals surface area contributed by atoms with Gasteiger partial charge in [-0.3, -0.25) is 4.79 Å². The normalized spacial score (nSPS) is 13.2. The SMILES string of the molecule is C=CC(=O)N(C)CCCCC(CC)[N+](C)(C)C. The Labute approximate surface area is 107 Å². The summed E-state index contributed by atoms with van der Waals surface area (Å²) in [6.45, 7) is 6.57. The molecule has 0 spiro atoms. The van der Waals surface area contributed by atoms with Crippen LogP contribution in [0.2, 0.25) is 0 Å². The monoisotopic (exact) mass is 241 g/mol. The number of quaternary nitrogens is 1. The summed E-state index contributed by atoms with van der Waals surface area (Å²) in [5.41, 5.74) is 0. The molecule has 0 aliphatic heterocycles. The van der Waals surface area contributed by atoms with Crippen LogP contribution in [0.3, 0.4) is 0 Å². The van der Waals surface area contributed by atoms with E-state index in [9.17, 15) is 4.79 Å². The highest BCUT2D eigenvalue weighted by atomic mass is 16.2. The fraction of sp³-hybridized carbons (Fsp3) is 0.786. The van der Waals surface area contributed by atoms with Gasteiger partial charge in [-0.15, -0.1) is 0 Å². The van der Waals surface area contributed by atoms with Crippen LogP contribution in [0, 0.1) is 0 Å². The molecule has 1 atom stereocenters. The van der Waals surface area contributed by atoms with Crippen molar-refractivity contribution in [2.45, 2.75) is 38.6 Å². The topological polar surface area (TPSA) is 20.3 Å². The Bertz CT molecular complexity index is 243. The van der Waals surface area contributed by atoms with Gasteiger partial charge in [0.05, 0.1) is 27.2 Å². The van der Waals surface area contributed by atoms with Crippen LogP contribution in [0.1, 0.15) is 32.6 Å². The lowest BCUT2D eigenvalue weighted by molar-refractivity contribution is -0.896. The number of carbonyl (C=O) groups is 1. The molecule has 0 aromatic heterocycles. The predicted octanol–water partition coefficient (Wildman–Crippen LogP) is 2.29. The van der Waals surface area contributed by atoms with Gasteiger partial charge in [-0.1, -0.05) is 13.5 Å². The Kier molecular flexibility index (Phi) is 7.12. The Hall–Kier alpha value is -0.830. The molecule has 0 aliphatic rings. The lowest BCUT2D eigenvalue weighted by Crippen LogP contribution is -2.44. The van der Waals surface area contributed by atoms with E-state index in [1.165, 1.54) is 25.3 Å². The van der Waals surface area contributed by atoms with Crippen LogP contribution >= 0.6 is 0 Å². The summed E-state index contributed by atoms with van der Waals surface area (Å²) in [6, 6.07) is 0.718. The number of hydrogen-bond donors (Lipinski definition) is 0. The minimum absolute atomic E-state index is 0.0173. The molecule has 17 heavy (non-hydrogen) atoms. The number of likely N-dealkylation sites (N-methyl/N-ethyl adjacent to an activating group) is 1. The van der Waals surface area contributed by atoms with E-state index in [0.717, 1.165) is 23.5 Å². The first-order valence-electron chi connectivity index (χ1n) is 6.51. The fourth-order valence-corrected chi connectivity index (χ4v) is 2.13. The molecule has 0 aromatic carbocycles. The molecule has 0 fully saturated rings. The highest BCUT2D eigenvalue weighted by molar-refractivity contribution is 5.86. The Morgan fingerprint density at radius 2 is 1.94 bits per heavy atom. The summed E-state index contributed by atoms with van der Waals surface area (Å²) < 4.78 is 1.03. The number of unbranched alkanes of at least 4 members (excludes halogenated alkanes) is 1. The summed E-state index contributed by atoms with van der Waals surface area (Å²) in [5.74, 6) is 0.0173. The molecular formula is C14H29N2O+. The van der Waals surface area contributed by atoms with E-state index in [-0.39, 0.29) is 5.91 Å². The van der Waals surface area contributed by atoms with Crippen LogP contribution in [0.4, 0.5) is 0 Å². The molecule has 3 nitrogen and oxygen atoms in total. The van der Waals surface area contributed by atoms with E-state index in [1.807, 2.05) is 7.05 Å². The molecule has 0 heterocycles. The minimum atomic E-state index is 0.0173. The third-order valence-corrected chi connectivity index (χ3v) is 3.40. The molecule has 0 saturated carbocycles. The summed E-state index contributed by atoms with van der Waals surface area (Å²) in [7, 11) is 8.59. The maximum atomic E-state index is 11.3. The van der Waals surface area contributed by atoms with Crippen LogP contribution < -0.4 is 0 Å². The highest BCUT2D eigenvalue weighted by Gasteiger charge is 2.20. The summed E-state index contributed by atoms with van der Waals surface area (Å²) in [4.78, 5) is 13.0. The van der Waals surface area contributed by atoms with E-state index in [1.54, 1.807) is 4.90 Å². The van der Waals surface area contributed by atoms with Crippen LogP contribution in [0.15, 0.2) is 12.7 Å². The quantitative estimate of drug-likeness (QED) is 0.363. The summed E-state index contributed by atoms with van der Waals surface area (Å²) >= 11 is 0. The molecule has 0 aliphatic carbocycles. The van der Waals surface area contributed by atoms with E-state index in [4.69, 9.17) is 0 Å². The van der Waals surface area contributed by atoms with Gasteiger partial charge in [0.2, 0.25) is 5.91 Å². The van der Waals surface area contributed by atoms with E-state index in [2.05, 4.69) is 34.6 Å². The van der Waals surface area contributed by atoms with Crippen molar-refractivity contribution in [3.8, 4) is 0 Å². The van der Waals surface area contributed by atoms with Gasteiger partial charge in [0, 0.05) is 13.6 Å². The summed E-state index contributed by atoms with van der Waals surface area (Å²) in [6.07, 6.45) is 6.08. The third kappa shape index (κ3) is 6.47. The van der Waals surface area contributed by atoms with E-state index >= 15 is 0 Å². The second-order valence-electron chi connectivity index (χ2n) is 5.64. The van der Waals surface area contributed by atoms with Gasteiger partial charge in [-0.25, -0.2) is 0 Å². The van der Waals surface area contributed by atoms with Gasteiger partial charge in [-0.2, -0.15) is 0 Å². The molecule has 0 saturated heterocycles. The van der Waals surface area contributed by atoms with Gasteiger partial charge in [0.1, 0.15) is 0 Å². The molecule has 0 rings (SSSR count). The Balaban J connectivity index is 3.84. The first-order chi connectivity index (χ1) is 7.82. The van der Waals surface area contributed by atoms with Crippen molar-refractivity contribution >= 4 is 5.91 Å². The lowest BCUT2D eigenvalue weighted by Gasteiger charge is -2.33. The summed E-state index contributed by atoms with van der Waals surface area (Å²) in [5, 5.41) is 0. The Morgan fingerprint density at radius 1 is 1.35 bits per heavy atom. The van der Waals surface area contributed by atoms with Crippen LogP contribution in [0.5, 0.6) is 0 Å².